The number of benzene rings is 2. The van der Waals surface area contributed by atoms with E-state index in [0.29, 0.717) is 11.1 Å². The monoisotopic (exact) mass is 372 g/mol. The molecule has 0 radical (unpaired) electrons. The first kappa shape index (κ1) is 15.6. The molecule has 5 heteroatoms. The van der Waals surface area contributed by atoms with Crippen LogP contribution in [-0.2, 0) is 10.9 Å². The molecule has 1 saturated heterocycles. The van der Waals surface area contributed by atoms with Crippen molar-refractivity contribution < 1.29 is 17.9 Å². The van der Waals surface area contributed by atoms with Gasteiger partial charge in [-0.05, 0) is 0 Å². The molecule has 1 aliphatic rings. The van der Waals surface area contributed by atoms with Crippen LogP contribution in [0.15, 0.2) is 54.6 Å². The van der Waals surface area contributed by atoms with Crippen molar-refractivity contribution in [1.82, 2.24) is 0 Å². The van der Waals surface area contributed by atoms with Gasteiger partial charge >= 0.3 is 133 Å². The number of alkyl halides is 3. The zero-order chi connectivity index (χ0) is 15.6. The molecule has 1 fully saturated rings. The molecular weight excluding hydrogens is 356 g/mol. The Hall–Kier alpha value is -1.29. The van der Waals surface area contributed by atoms with E-state index in [0.717, 1.165) is 12.0 Å². The van der Waals surface area contributed by atoms with Crippen LogP contribution in [0.3, 0.4) is 0 Å². The molecule has 0 amide bonds. The van der Waals surface area contributed by atoms with Crippen LogP contribution in [0.5, 0.6) is 0 Å². The number of ether oxygens (including phenoxy) is 1. The Morgan fingerprint density at radius 1 is 0.955 bits per heavy atom. The molecule has 2 atom stereocenters. The van der Waals surface area contributed by atoms with Crippen molar-refractivity contribution in [2.75, 3.05) is 6.61 Å². The van der Waals surface area contributed by atoms with Crippen LogP contribution in [0.4, 0.5) is 13.2 Å². The molecule has 0 spiro atoms. The molecule has 0 saturated carbocycles. The second kappa shape index (κ2) is 6.45. The van der Waals surface area contributed by atoms with Gasteiger partial charge in [0.1, 0.15) is 0 Å². The van der Waals surface area contributed by atoms with Gasteiger partial charge in [-0.3, -0.25) is 0 Å². The van der Waals surface area contributed by atoms with Crippen LogP contribution >= 0.6 is 0 Å². The third-order valence-electron chi connectivity index (χ3n) is 3.64. The first-order chi connectivity index (χ1) is 10.6. The molecule has 0 aromatic heterocycles. The van der Waals surface area contributed by atoms with Crippen molar-refractivity contribution in [2.45, 2.75) is 23.5 Å². The summed E-state index contributed by atoms with van der Waals surface area (Å²) in [4.78, 5) is 0.137. The number of hydrogen-bond donors (Lipinski definition) is 0. The fourth-order valence-corrected chi connectivity index (χ4v) is 5.48. The fourth-order valence-electron chi connectivity index (χ4n) is 2.61. The first-order valence-corrected chi connectivity index (χ1v) is 8.90. The average Bonchev–Trinajstić information content (AvgIpc) is 2.96. The molecule has 3 rings (SSSR count). The zero-order valence-corrected chi connectivity index (χ0v) is 13.4. The number of rotatable bonds is 3. The Morgan fingerprint density at radius 3 is 2.36 bits per heavy atom. The Morgan fingerprint density at radius 2 is 1.64 bits per heavy atom. The summed E-state index contributed by atoms with van der Waals surface area (Å²) in [7, 11) is 0. The fraction of sp³-hybridized carbons (Fsp3) is 0.294. The molecule has 0 N–H and O–H groups in total. The molecule has 22 heavy (non-hydrogen) atoms. The van der Waals surface area contributed by atoms with Crippen molar-refractivity contribution in [3.63, 3.8) is 0 Å². The third-order valence-corrected chi connectivity index (χ3v) is 6.56. The van der Waals surface area contributed by atoms with Gasteiger partial charge in [0.15, 0.2) is 0 Å². The summed E-state index contributed by atoms with van der Waals surface area (Å²) in [5, 5.41) is 0. The zero-order valence-electron chi connectivity index (χ0n) is 11.7. The maximum atomic E-state index is 13.1. The molecule has 1 nitrogen and oxygen atoms in total. The molecule has 0 bridgehead atoms. The van der Waals surface area contributed by atoms with Gasteiger partial charge in [-0.2, -0.15) is 0 Å². The number of halogens is 3. The van der Waals surface area contributed by atoms with Gasteiger partial charge < -0.3 is 0 Å². The summed E-state index contributed by atoms with van der Waals surface area (Å²) in [6.07, 6.45) is -3.58. The normalized spacial score (nSPS) is 22.0. The van der Waals surface area contributed by atoms with E-state index in [-0.39, 0.29) is 25.9 Å². The molecule has 116 valence electrons. The van der Waals surface area contributed by atoms with Gasteiger partial charge in [-0.25, -0.2) is 0 Å². The summed E-state index contributed by atoms with van der Waals surface area (Å²) < 4.78 is 45.6. The Bertz CT molecular complexity index is 627. The average molecular weight is 371 g/mol. The number of hydrogen-bond acceptors (Lipinski definition) is 1. The van der Waals surface area contributed by atoms with Crippen LogP contribution in [0.25, 0.3) is 0 Å². The van der Waals surface area contributed by atoms with Crippen LogP contribution in [0, 0.1) is 0 Å². The first-order valence-electron chi connectivity index (χ1n) is 7.05. The molecule has 2 aromatic rings. The summed E-state index contributed by atoms with van der Waals surface area (Å²) in [5.74, 6) is 0. The van der Waals surface area contributed by atoms with E-state index in [4.69, 9.17) is 4.74 Å². The van der Waals surface area contributed by atoms with E-state index in [2.05, 4.69) is 0 Å². The molecular formula is C17H15F3OSe. The van der Waals surface area contributed by atoms with Crippen molar-refractivity contribution in [2.24, 2.45) is 0 Å². The Labute approximate surface area is 133 Å². The summed E-state index contributed by atoms with van der Waals surface area (Å²) in [6, 6.07) is 15.7. The Balaban J connectivity index is 1.84. The van der Waals surface area contributed by atoms with Crippen molar-refractivity contribution >= 4 is 19.4 Å². The van der Waals surface area contributed by atoms with Gasteiger partial charge in [0.05, 0.1) is 0 Å². The van der Waals surface area contributed by atoms with E-state index in [1.165, 1.54) is 12.1 Å². The second-order valence-electron chi connectivity index (χ2n) is 5.14. The van der Waals surface area contributed by atoms with Crippen molar-refractivity contribution in [3.05, 3.63) is 65.7 Å². The van der Waals surface area contributed by atoms with E-state index in [9.17, 15) is 13.2 Å². The van der Waals surface area contributed by atoms with Crippen LogP contribution in [0.2, 0.25) is 4.82 Å². The minimum absolute atomic E-state index is 0.0949. The molecule has 0 aliphatic carbocycles. The van der Waals surface area contributed by atoms with Gasteiger partial charge in [0.25, 0.3) is 0 Å². The molecule has 0 unspecified atom stereocenters. The van der Waals surface area contributed by atoms with E-state index in [1.54, 1.807) is 12.1 Å². The summed E-state index contributed by atoms with van der Waals surface area (Å²) >= 11 is -0.275. The van der Waals surface area contributed by atoms with Crippen molar-refractivity contribution in [3.8, 4) is 0 Å². The molecule has 1 aliphatic heterocycles. The van der Waals surface area contributed by atoms with Crippen molar-refractivity contribution in [1.29, 1.82) is 0 Å². The van der Waals surface area contributed by atoms with Gasteiger partial charge in [0, 0.05) is 0 Å². The molecule has 1 heterocycles. The Kier molecular flexibility index (Phi) is 4.57. The maximum absolute atomic E-state index is 13.1. The third kappa shape index (κ3) is 3.37. The standard InChI is InChI=1S/C17H15F3OSe/c18-17(19,20)13-8-4-5-9-14(13)22-15-10-11-21-16(15)12-6-2-1-3-7-12/h1-9,15-16H,10-11H2/t15-,16+/m0/s1. The second-order valence-corrected chi connectivity index (χ2v) is 7.83. The van der Waals surface area contributed by atoms with Gasteiger partial charge in [-0.1, -0.05) is 0 Å². The quantitative estimate of drug-likeness (QED) is 0.742. The van der Waals surface area contributed by atoms with Crippen LogP contribution in [-0.4, -0.2) is 21.6 Å². The van der Waals surface area contributed by atoms with E-state index < -0.39 is 11.7 Å². The summed E-state index contributed by atoms with van der Waals surface area (Å²) in [5.41, 5.74) is 0.546. The summed E-state index contributed by atoms with van der Waals surface area (Å²) in [6.45, 7) is 0.611. The van der Waals surface area contributed by atoms with Gasteiger partial charge in [-0.15, -0.1) is 0 Å². The van der Waals surface area contributed by atoms with E-state index >= 15 is 0 Å². The molecule has 2 aromatic carbocycles. The topological polar surface area (TPSA) is 9.23 Å². The minimum atomic E-state index is -4.29. The van der Waals surface area contributed by atoms with Crippen LogP contribution in [0.1, 0.15) is 23.7 Å². The SMILES string of the molecule is FC(F)(F)c1ccccc1[Se][C@H]1CCO[C@@H]1c1ccccc1. The van der Waals surface area contributed by atoms with E-state index in [1.807, 2.05) is 30.3 Å². The predicted molar refractivity (Wildman–Crippen MR) is 80.3 cm³/mol. The van der Waals surface area contributed by atoms with Gasteiger partial charge in [0.2, 0.25) is 0 Å². The van der Waals surface area contributed by atoms with Crippen LogP contribution < -0.4 is 4.46 Å². The predicted octanol–water partition coefficient (Wildman–Crippen LogP) is 3.99.